The van der Waals surface area contributed by atoms with Crippen molar-refractivity contribution in [2.75, 3.05) is 6.61 Å². The van der Waals surface area contributed by atoms with E-state index in [2.05, 4.69) is 6.07 Å². The van der Waals surface area contributed by atoms with E-state index in [4.69, 9.17) is 16.3 Å². The van der Waals surface area contributed by atoms with Gasteiger partial charge in [0.2, 0.25) is 0 Å². The number of carbonyl (C=O) groups is 1. The van der Waals surface area contributed by atoms with Crippen molar-refractivity contribution in [1.82, 2.24) is 0 Å². The van der Waals surface area contributed by atoms with Gasteiger partial charge in [0.25, 0.3) is 0 Å². The molecule has 0 fully saturated rings. The number of benzene rings is 2. The molecule has 0 saturated heterocycles. The molecule has 2 aromatic carbocycles. The Labute approximate surface area is 128 Å². The lowest BCUT2D eigenvalue weighted by Crippen LogP contribution is -1.95. The molecular weight excluding hydrogens is 284 g/mol. The van der Waals surface area contributed by atoms with E-state index in [1.54, 1.807) is 0 Å². The summed E-state index contributed by atoms with van der Waals surface area (Å²) in [6.07, 6.45) is 3.52. The van der Waals surface area contributed by atoms with Crippen molar-refractivity contribution in [1.29, 1.82) is 0 Å². The highest BCUT2D eigenvalue weighted by Crippen LogP contribution is 2.33. The molecule has 3 heteroatoms. The molecule has 2 aliphatic rings. The molecule has 0 atom stereocenters. The monoisotopic (exact) mass is 296 g/mol. The molecule has 0 spiro atoms. The summed E-state index contributed by atoms with van der Waals surface area (Å²) >= 11 is 6.18. The number of carbonyl (C=O) groups excluding carboxylic acids is 1. The molecule has 0 bridgehead atoms. The summed E-state index contributed by atoms with van der Waals surface area (Å²) in [6.45, 7) is 0.745. The van der Waals surface area contributed by atoms with Crippen molar-refractivity contribution in [3.8, 4) is 5.75 Å². The summed E-state index contributed by atoms with van der Waals surface area (Å²) in [6, 6.07) is 11.6. The van der Waals surface area contributed by atoms with Crippen molar-refractivity contribution in [2.45, 2.75) is 12.8 Å². The number of allylic oxidation sites excluding steroid dienone is 1. The fourth-order valence-electron chi connectivity index (χ4n) is 3.01. The van der Waals surface area contributed by atoms with Crippen LogP contribution in [0.2, 0.25) is 5.02 Å². The third-order valence-corrected chi connectivity index (χ3v) is 4.43. The van der Waals surface area contributed by atoms with E-state index >= 15 is 0 Å². The molecule has 2 aromatic rings. The van der Waals surface area contributed by atoms with E-state index < -0.39 is 0 Å². The molecule has 0 N–H and O–H groups in total. The topological polar surface area (TPSA) is 26.3 Å². The third-order valence-electron chi connectivity index (χ3n) is 4.08. The van der Waals surface area contributed by atoms with Crippen LogP contribution in [0.3, 0.4) is 0 Å². The molecule has 0 unspecified atom stereocenters. The smallest absolute Gasteiger partial charge is 0.189 e. The number of halogens is 1. The lowest BCUT2D eigenvalue weighted by atomic mass is 10.0. The summed E-state index contributed by atoms with van der Waals surface area (Å²) < 4.78 is 5.51. The maximum atomic E-state index is 12.4. The third kappa shape index (κ3) is 2.07. The summed E-state index contributed by atoms with van der Waals surface area (Å²) in [5, 5.41) is 0.673. The molecule has 104 valence electrons. The predicted octanol–water partition coefficient (Wildman–Crippen LogP) is 4.10. The van der Waals surface area contributed by atoms with Crippen LogP contribution in [0, 0.1) is 0 Å². The first-order valence-electron chi connectivity index (χ1n) is 7.01. The van der Waals surface area contributed by atoms with E-state index in [0.29, 0.717) is 11.4 Å². The van der Waals surface area contributed by atoms with Gasteiger partial charge in [-0.3, -0.25) is 4.79 Å². The van der Waals surface area contributed by atoms with Crippen LogP contribution in [0.5, 0.6) is 5.75 Å². The molecular formula is C18H13ClO2. The van der Waals surface area contributed by atoms with Gasteiger partial charge in [-0.05, 0) is 41.0 Å². The van der Waals surface area contributed by atoms with Gasteiger partial charge >= 0.3 is 0 Å². The van der Waals surface area contributed by atoms with Gasteiger partial charge < -0.3 is 4.74 Å². The number of Topliss-reactive ketones (excluding diaryl/α,β-unsaturated/α-hetero) is 1. The van der Waals surface area contributed by atoms with Gasteiger partial charge in [-0.15, -0.1) is 0 Å². The van der Waals surface area contributed by atoms with Gasteiger partial charge in [0.1, 0.15) is 5.75 Å². The summed E-state index contributed by atoms with van der Waals surface area (Å²) in [7, 11) is 0. The molecule has 1 aliphatic carbocycles. The first-order chi connectivity index (χ1) is 10.2. The Morgan fingerprint density at radius 1 is 1.19 bits per heavy atom. The van der Waals surface area contributed by atoms with Crippen LogP contribution in [0.1, 0.15) is 27.0 Å². The zero-order chi connectivity index (χ0) is 14.4. The molecule has 1 aliphatic heterocycles. The van der Waals surface area contributed by atoms with Crippen LogP contribution in [0.25, 0.3) is 6.08 Å². The number of hydrogen-bond acceptors (Lipinski definition) is 2. The zero-order valence-electron chi connectivity index (χ0n) is 11.4. The maximum absolute atomic E-state index is 12.4. The Morgan fingerprint density at radius 2 is 2.10 bits per heavy atom. The van der Waals surface area contributed by atoms with E-state index in [-0.39, 0.29) is 5.78 Å². The second-order valence-electron chi connectivity index (χ2n) is 5.41. The Kier molecular flexibility index (Phi) is 2.86. The zero-order valence-corrected chi connectivity index (χ0v) is 12.1. The number of ether oxygens (including phenoxy) is 1. The molecule has 21 heavy (non-hydrogen) atoms. The highest BCUT2D eigenvalue weighted by Gasteiger charge is 2.26. The van der Waals surface area contributed by atoms with Crippen LogP contribution in [-0.2, 0) is 12.8 Å². The minimum Gasteiger partial charge on any atom is -0.493 e. The second kappa shape index (κ2) is 4.74. The lowest BCUT2D eigenvalue weighted by molar-refractivity contribution is 0.104. The van der Waals surface area contributed by atoms with Crippen LogP contribution in [0.15, 0.2) is 42.0 Å². The highest BCUT2D eigenvalue weighted by atomic mass is 35.5. The Balaban J connectivity index is 1.72. The first-order valence-corrected chi connectivity index (χ1v) is 7.38. The van der Waals surface area contributed by atoms with Gasteiger partial charge in [0.15, 0.2) is 5.78 Å². The van der Waals surface area contributed by atoms with E-state index in [0.717, 1.165) is 41.0 Å². The van der Waals surface area contributed by atoms with Crippen LogP contribution >= 0.6 is 11.6 Å². The van der Waals surface area contributed by atoms with Gasteiger partial charge in [-0.2, -0.15) is 0 Å². The van der Waals surface area contributed by atoms with Gasteiger partial charge in [0.05, 0.1) is 6.61 Å². The second-order valence-corrected chi connectivity index (χ2v) is 5.81. The van der Waals surface area contributed by atoms with Crippen molar-refractivity contribution >= 4 is 23.5 Å². The fourth-order valence-corrected chi connectivity index (χ4v) is 3.25. The van der Waals surface area contributed by atoms with E-state index in [9.17, 15) is 4.79 Å². The van der Waals surface area contributed by atoms with Crippen molar-refractivity contribution in [3.63, 3.8) is 0 Å². The number of fused-ring (bicyclic) bond motifs is 2. The minimum atomic E-state index is 0.0873. The SMILES string of the molecule is O=C1/C(=C/c2ccc3c(c2)CCO3)Cc2c(Cl)cccc21. The highest BCUT2D eigenvalue weighted by molar-refractivity contribution is 6.33. The van der Waals surface area contributed by atoms with Crippen molar-refractivity contribution < 1.29 is 9.53 Å². The quantitative estimate of drug-likeness (QED) is 0.741. The largest absolute Gasteiger partial charge is 0.493 e. The van der Waals surface area contributed by atoms with Gasteiger partial charge in [-0.1, -0.05) is 29.8 Å². The molecule has 0 saturated carbocycles. The van der Waals surface area contributed by atoms with Crippen LogP contribution < -0.4 is 4.74 Å². The fraction of sp³-hybridized carbons (Fsp3) is 0.167. The maximum Gasteiger partial charge on any atom is 0.189 e. The molecule has 1 heterocycles. The summed E-state index contributed by atoms with van der Waals surface area (Å²) in [4.78, 5) is 12.4. The van der Waals surface area contributed by atoms with Gasteiger partial charge in [0, 0.05) is 29.0 Å². The number of hydrogen-bond donors (Lipinski definition) is 0. The molecule has 4 rings (SSSR count). The number of rotatable bonds is 1. The average Bonchev–Trinajstić information content (AvgIpc) is 3.06. The molecule has 2 nitrogen and oxygen atoms in total. The molecule has 0 radical (unpaired) electrons. The van der Waals surface area contributed by atoms with E-state index in [1.807, 2.05) is 36.4 Å². The van der Waals surface area contributed by atoms with E-state index in [1.165, 1.54) is 5.56 Å². The Hall–Kier alpha value is -2.06. The standard InChI is InChI=1S/C18H13ClO2/c19-16-3-1-2-14-15(16)10-13(18(14)20)9-11-4-5-17-12(8-11)6-7-21-17/h1-5,8-9H,6-7,10H2/b13-9+. The lowest BCUT2D eigenvalue weighted by Gasteiger charge is -2.01. The Bertz CT molecular complexity index is 790. The summed E-state index contributed by atoms with van der Waals surface area (Å²) in [5.41, 5.74) is 4.74. The number of ketones is 1. The normalized spacial score (nSPS) is 17.8. The van der Waals surface area contributed by atoms with Crippen LogP contribution in [0.4, 0.5) is 0 Å². The predicted molar refractivity (Wildman–Crippen MR) is 83.1 cm³/mol. The minimum absolute atomic E-state index is 0.0873. The Morgan fingerprint density at radius 3 is 2.95 bits per heavy atom. The van der Waals surface area contributed by atoms with Gasteiger partial charge in [-0.25, -0.2) is 0 Å². The van der Waals surface area contributed by atoms with Crippen LogP contribution in [-0.4, -0.2) is 12.4 Å². The first kappa shape index (κ1) is 12.7. The van der Waals surface area contributed by atoms with Crippen molar-refractivity contribution in [3.05, 3.63) is 69.2 Å². The molecule has 0 aromatic heterocycles. The van der Waals surface area contributed by atoms with Crippen molar-refractivity contribution in [2.24, 2.45) is 0 Å². The average molecular weight is 297 g/mol. The molecule has 0 amide bonds. The summed E-state index contributed by atoms with van der Waals surface area (Å²) in [5.74, 6) is 1.05.